The van der Waals surface area contributed by atoms with Crippen LogP contribution in [-0.2, 0) is 9.84 Å². The van der Waals surface area contributed by atoms with Gasteiger partial charge in [-0.05, 0) is 37.3 Å². The second kappa shape index (κ2) is 7.98. The van der Waals surface area contributed by atoms with Gasteiger partial charge >= 0.3 is 0 Å². The molecule has 1 aliphatic rings. The Labute approximate surface area is 129 Å². The van der Waals surface area contributed by atoms with E-state index in [-0.39, 0.29) is 5.25 Å². The van der Waals surface area contributed by atoms with Crippen LogP contribution in [0.3, 0.4) is 0 Å². The van der Waals surface area contributed by atoms with Crippen LogP contribution in [0.25, 0.3) is 0 Å². The summed E-state index contributed by atoms with van der Waals surface area (Å²) in [6.07, 6.45) is 10.4. The van der Waals surface area contributed by atoms with E-state index < -0.39 is 9.84 Å². The maximum absolute atomic E-state index is 12.8. The molecule has 21 heavy (non-hydrogen) atoms. The molecule has 1 aliphatic carbocycles. The number of hydrogen-bond acceptors (Lipinski definition) is 2. The Morgan fingerprint density at radius 2 is 1.71 bits per heavy atom. The molecule has 0 amide bonds. The number of rotatable bonds is 8. The second-order valence-corrected chi connectivity index (χ2v) is 8.46. The Hall–Kier alpha value is -0.830. The third-order valence-corrected chi connectivity index (χ3v) is 7.09. The number of benzene rings is 1. The van der Waals surface area contributed by atoms with Crippen LogP contribution in [0.4, 0.5) is 0 Å². The summed E-state index contributed by atoms with van der Waals surface area (Å²) in [5, 5.41) is -0.147. The third-order valence-electron chi connectivity index (χ3n) is 4.74. The Bertz CT molecular complexity index is 507. The minimum Gasteiger partial charge on any atom is -0.223 e. The molecular formula is C18H28O2S. The van der Waals surface area contributed by atoms with Crippen LogP contribution >= 0.6 is 0 Å². The van der Waals surface area contributed by atoms with Crippen molar-refractivity contribution in [2.75, 3.05) is 0 Å². The largest absolute Gasteiger partial charge is 0.223 e. The van der Waals surface area contributed by atoms with Gasteiger partial charge in [-0.2, -0.15) is 0 Å². The first-order valence-corrected chi connectivity index (χ1v) is 10.00. The van der Waals surface area contributed by atoms with Crippen LogP contribution in [0.15, 0.2) is 35.2 Å². The topological polar surface area (TPSA) is 34.1 Å². The molecule has 0 aliphatic heterocycles. The molecule has 0 bridgehead atoms. The monoisotopic (exact) mass is 308 g/mol. The molecule has 1 fully saturated rings. The minimum atomic E-state index is -3.14. The van der Waals surface area contributed by atoms with Gasteiger partial charge in [-0.1, -0.05) is 63.6 Å². The highest BCUT2D eigenvalue weighted by molar-refractivity contribution is 7.92. The van der Waals surface area contributed by atoms with E-state index in [1.807, 2.05) is 18.2 Å². The van der Waals surface area contributed by atoms with Crippen molar-refractivity contribution in [2.24, 2.45) is 5.92 Å². The van der Waals surface area contributed by atoms with Crippen LogP contribution in [0.2, 0.25) is 0 Å². The van der Waals surface area contributed by atoms with Crippen molar-refractivity contribution in [1.29, 1.82) is 0 Å². The minimum absolute atomic E-state index is 0.147. The van der Waals surface area contributed by atoms with Crippen LogP contribution in [0.1, 0.15) is 64.7 Å². The Balaban J connectivity index is 1.95. The fraction of sp³-hybridized carbons (Fsp3) is 0.667. The van der Waals surface area contributed by atoms with E-state index in [4.69, 9.17) is 0 Å². The van der Waals surface area contributed by atoms with Gasteiger partial charge in [0.2, 0.25) is 0 Å². The summed E-state index contributed by atoms with van der Waals surface area (Å²) in [6, 6.07) is 9.00. The first-order valence-electron chi connectivity index (χ1n) is 8.45. The molecule has 2 unspecified atom stereocenters. The van der Waals surface area contributed by atoms with Gasteiger partial charge in [0.15, 0.2) is 9.84 Å². The summed E-state index contributed by atoms with van der Waals surface area (Å²) < 4.78 is 25.6. The molecule has 1 saturated carbocycles. The van der Waals surface area contributed by atoms with Gasteiger partial charge in [0.05, 0.1) is 10.1 Å². The molecule has 1 aromatic rings. The Morgan fingerprint density at radius 1 is 1.00 bits per heavy atom. The van der Waals surface area contributed by atoms with Crippen LogP contribution in [0.5, 0.6) is 0 Å². The SMILES string of the molecule is CCCCCCCC1CCCC1S(=O)(=O)c1ccccc1. The summed E-state index contributed by atoms with van der Waals surface area (Å²) in [4.78, 5) is 0.507. The van der Waals surface area contributed by atoms with E-state index >= 15 is 0 Å². The maximum Gasteiger partial charge on any atom is 0.181 e. The van der Waals surface area contributed by atoms with Crippen molar-refractivity contribution in [2.45, 2.75) is 74.9 Å². The Morgan fingerprint density at radius 3 is 2.43 bits per heavy atom. The van der Waals surface area contributed by atoms with Crippen molar-refractivity contribution in [3.8, 4) is 0 Å². The summed E-state index contributed by atoms with van der Waals surface area (Å²) in [5.41, 5.74) is 0. The predicted molar refractivity (Wildman–Crippen MR) is 88.1 cm³/mol. The van der Waals surface area contributed by atoms with E-state index in [0.29, 0.717) is 10.8 Å². The average Bonchev–Trinajstić information content (AvgIpc) is 2.97. The smallest absolute Gasteiger partial charge is 0.181 e. The van der Waals surface area contributed by atoms with E-state index in [2.05, 4.69) is 6.92 Å². The lowest BCUT2D eigenvalue weighted by molar-refractivity contribution is 0.455. The third kappa shape index (κ3) is 4.32. The van der Waals surface area contributed by atoms with Crippen LogP contribution in [0, 0.1) is 5.92 Å². The molecule has 0 aromatic heterocycles. The van der Waals surface area contributed by atoms with Gasteiger partial charge in [0, 0.05) is 0 Å². The van der Waals surface area contributed by atoms with Gasteiger partial charge in [-0.15, -0.1) is 0 Å². The van der Waals surface area contributed by atoms with Gasteiger partial charge < -0.3 is 0 Å². The first-order chi connectivity index (χ1) is 10.2. The standard InChI is InChI=1S/C18H28O2S/c1-2-3-4-5-7-11-16-12-10-15-18(16)21(19,20)17-13-8-6-9-14-17/h6,8-9,13-14,16,18H,2-5,7,10-12,15H2,1H3. The van der Waals surface area contributed by atoms with Crippen molar-refractivity contribution in [3.05, 3.63) is 30.3 Å². The number of sulfone groups is 1. The Kier molecular flexibility index (Phi) is 6.28. The van der Waals surface area contributed by atoms with E-state index in [0.717, 1.165) is 25.7 Å². The fourth-order valence-corrected chi connectivity index (χ4v) is 5.68. The summed E-state index contributed by atoms with van der Waals surface area (Å²) in [7, 11) is -3.14. The van der Waals surface area contributed by atoms with E-state index in [9.17, 15) is 8.42 Å². The van der Waals surface area contributed by atoms with Crippen molar-refractivity contribution >= 4 is 9.84 Å². The normalized spacial score (nSPS) is 22.5. The van der Waals surface area contributed by atoms with Crippen molar-refractivity contribution < 1.29 is 8.42 Å². The molecule has 0 radical (unpaired) electrons. The molecular weight excluding hydrogens is 280 g/mol. The summed E-state index contributed by atoms with van der Waals surface area (Å²) >= 11 is 0. The van der Waals surface area contributed by atoms with Crippen LogP contribution < -0.4 is 0 Å². The molecule has 1 aromatic carbocycles. The molecule has 3 heteroatoms. The zero-order valence-electron chi connectivity index (χ0n) is 13.1. The highest BCUT2D eigenvalue weighted by atomic mass is 32.2. The maximum atomic E-state index is 12.8. The molecule has 2 rings (SSSR count). The molecule has 0 heterocycles. The van der Waals surface area contributed by atoms with Gasteiger partial charge in [-0.3, -0.25) is 0 Å². The van der Waals surface area contributed by atoms with Crippen molar-refractivity contribution in [3.63, 3.8) is 0 Å². The highest BCUT2D eigenvalue weighted by Gasteiger charge is 2.37. The zero-order chi connectivity index (χ0) is 15.1. The molecule has 118 valence electrons. The lowest BCUT2D eigenvalue weighted by Crippen LogP contribution is -2.25. The van der Waals surface area contributed by atoms with Gasteiger partial charge in [0.1, 0.15) is 0 Å². The van der Waals surface area contributed by atoms with E-state index in [1.54, 1.807) is 12.1 Å². The summed E-state index contributed by atoms with van der Waals surface area (Å²) in [5.74, 6) is 0.372. The highest BCUT2D eigenvalue weighted by Crippen LogP contribution is 2.37. The molecule has 2 nitrogen and oxygen atoms in total. The number of unbranched alkanes of at least 4 members (excludes halogenated alkanes) is 4. The first kappa shape index (κ1) is 16.5. The quantitative estimate of drug-likeness (QED) is 0.634. The van der Waals surface area contributed by atoms with Gasteiger partial charge in [0.25, 0.3) is 0 Å². The lowest BCUT2D eigenvalue weighted by Gasteiger charge is -2.20. The summed E-state index contributed by atoms with van der Waals surface area (Å²) in [6.45, 7) is 2.22. The average molecular weight is 308 g/mol. The number of hydrogen-bond donors (Lipinski definition) is 0. The molecule has 0 N–H and O–H groups in total. The van der Waals surface area contributed by atoms with Crippen molar-refractivity contribution in [1.82, 2.24) is 0 Å². The van der Waals surface area contributed by atoms with Crippen LogP contribution in [-0.4, -0.2) is 13.7 Å². The van der Waals surface area contributed by atoms with E-state index in [1.165, 1.54) is 32.1 Å². The van der Waals surface area contributed by atoms with Gasteiger partial charge in [-0.25, -0.2) is 8.42 Å². The molecule has 0 saturated heterocycles. The molecule has 0 spiro atoms. The fourth-order valence-electron chi connectivity index (χ4n) is 3.54. The molecule has 2 atom stereocenters. The second-order valence-electron chi connectivity index (χ2n) is 6.29. The lowest BCUT2D eigenvalue weighted by atomic mass is 9.99. The zero-order valence-corrected chi connectivity index (χ0v) is 13.9. The predicted octanol–water partition coefficient (Wildman–Crippen LogP) is 4.99.